The fourth-order valence-corrected chi connectivity index (χ4v) is 9.69. The fourth-order valence-electron chi connectivity index (χ4n) is 8.40. The first-order valence-corrected chi connectivity index (χ1v) is 19.1. The molecule has 0 spiro atoms. The van der Waals surface area contributed by atoms with Crippen LogP contribution >= 0.6 is 22.9 Å². The van der Waals surface area contributed by atoms with Gasteiger partial charge < -0.3 is 25.0 Å². The summed E-state index contributed by atoms with van der Waals surface area (Å²) >= 11 is 7.97. The van der Waals surface area contributed by atoms with E-state index in [4.69, 9.17) is 31.8 Å². The summed E-state index contributed by atoms with van der Waals surface area (Å²) in [7, 11) is 3.83. The molecule has 284 valence electrons. The molecule has 12 nitrogen and oxygen atoms in total. The summed E-state index contributed by atoms with van der Waals surface area (Å²) in [5.74, 6) is -1.21. The van der Waals surface area contributed by atoms with Crippen LogP contribution in [0.5, 0.6) is 11.8 Å². The highest BCUT2D eigenvalue weighted by atomic mass is 35.5. The molecule has 0 bridgehead atoms. The van der Waals surface area contributed by atoms with E-state index >= 15 is 8.78 Å². The van der Waals surface area contributed by atoms with Gasteiger partial charge in [0.2, 0.25) is 0 Å². The van der Waals surface area contributed by atoms with Gasteiger partial charge >= 0.3 is 6.01 Å². The summed E-state index contributed by atoms with van der Waals surface area (Å²) in [6.45, 7) is 3.33. The van der Waals surface area contributed by atoms with Crippen molar-refractivity contribution in [2.24, 2.45) is 0 Å². The summed E-state index contributed by atoms with van der Waals surface area (Å²) in [5, 5.41) is 12.2. The third kappa shape index (κ3) is 6.35. The van der Waals surface area contributed by atoms with Crippen molar-refractivity contribution >= 4 is 60.7 Å². The van der Waals surface area contributed by atoms with E-state index in [1.807, 2.05) is 35.0 Å². The molecule has 1 amide bonds. The Kier molecular flexibility index (Phi) is 9.72. The number of ether oxygens (including phenoxy) is 2. The lowest BCUT2D eigenvalue weighted by molar-refractivity contribution is -0.120. The number of nitrogens with zero attached hydrogens (tertiary/aromatic N) is 7. The number of nitrogens with two attached hydrogens (primary N) is 1. The number of thiophene rings is 1. The zero-order chi connectivity index (χ0) is 37.9. The number of fused-ring (bicyclic) bond motifs is 2. The molecule has 4 aromatic rings. The Hall–Kier alpha value is -4.40. The number of hydrogen-bond donors (Lipinski definition) is 2. The third-order valence-corrected chi connectivity index (χ3v) is 12.2. The molecule has 3 atom stereocenters. The van der Waals surface area contributed by atoms with Crippen molar-refractivity contribution in [3.63, 3.8) is 0 Å². The number of carbonyl (C=O) groups is 1. The molecule has 0 saturated carbocycles. The van der Waals surface area contributed by atoms with Gasteiger partial charge in [-0.25, -0.2) is 18.2 Å². The quantitative estimate of drug-likeness (QED) is 0.215. The number of rotatable bonds is 9. The summed E-state index contributed by atoms with van der Waals surface area (Å²) in [4.78, 5) is 28.2. The molecule has 3 saturated heterocycles. The Morgan fingerprint density at radius 3 is 2.89 bits per heavy atom. The molecule has 2 aromatic carbocycles. The molecule has 3 fully saturated rings. The number of anilines is 2. The minimum absolute atomic E-state index is 0.0135. The van der Waals surface area contributed by atoms with E-state index in [1.54, 1.807) is 6.08 Å². The highest BCUT2D eigenvalue weighted by Gasteiger charge is 2.49. The van der Waals surface area contributed by atoms with E-state index in [2.05, 4.69) is 15.3 Å². The van der Waals surface area contributed by atoms with Gasteiger partial charge in [-0.2, -0.15) is 15.2 Å². The molecule has 54 heavy (non-hydrogen) atoms. The molecule has 8 rings (SSSR count). The van der Waals surface area contributed by atoms with Gasteiger partial charge in [-0.3, -0.25) is 15.1 Å². The number of likely N-dealkylation sites (N-methyl/N-ethyl adjacent to an activating group) is 1. The highest BCUT2D eigenvalue weighted by molar-refractivity contribution is 7.23. The second-order valence-electron chi connectivity index (χ2n) is 14.6. The van der Waals surface area contributed by atoms with Crippen molar-refractivity contribution in [1.82, 2.24) is 30.2 Å². The van der Waals surface area contributed by atoms with Crippen LogP contribution in [-0.4, -0.2) is 115 Å². The largest absolute Gasteiger partial charge is 0.489 e. The van der Waals surface area contributed by atoms with Crippen molar-refractivity contribution in [2.45, 2.75) is 43.4 Å². The maximum absolute atomic E-state index is 17.4. The molecule has 6 heterocycles. The summed E-state index contributed by atoms with van der Waals surface area (Å²) in [6.07, 6.45) is 4.95. The number of nitrogen functional groups attached to an aromatic ring is 1. The topological polar surface area (TPSA) is 136 Å². The number of nitrogens with one attached hydrogen (secondary N) is 1. The van der Waals surface area contributed by atoms with Gasteiger partial charge in [0.15, 0.2) is 11.6 Å². The Morgan fingerprint density at radius 2 is 2.09 bits per heavy atom. The number of aromatic nitrogens is 2. The summed E-state index contributed by atoms with van der Waals surface area (Å²) in [5.41, 5.74) is 8.46. The molecule has 0 radical (unpaired) electrons. The Morgan fingerprint density at radius 1 is 1.26 bits per heavy atom. The van der Waals surface area contributed by atoms with Gasteiger partial charge in [0.25, 0.3) is 5.91 Å². The first kappa shape index (κ1) is 36.6. The van der Waals surface area contributed by atoms with Gasteiger partial charge in [0.1, 0.15) is 47.6 Å². The number of halogens is 4. The van der Waals surface area contributed by atoms with Crippen LogP contribution in [0.4, 0.5) is 24.0 Å². The van der Waals surface area contributed by atoms with Gasteiger partial charge in [0.05, 0.1) is 32.8 Å². The van der Waals surface area contributed by atoms with E-state index < -0.39 is 23.3 Å². The van der Waals surface area contributed by atoms with Crippen LogP contribution in [0.1, 0.15) is 31.2 Å². The minimum Gasteiger partial charge on any atom is -0.489 e. The van der Waals surface area contributed by atoms with Crippen LogP contribution in [0.25, 0.3) is 32.1 Å². The molecule has 0 aliphatic carbocycles. The predicted octanol–water partition coefficient (Wildman–Crippen LogP) is 5.27. The first-order chi connectivity index (χ1) is 26.0. The average Bonchev–Trinajstić information content (AvgIpc) is 3.87. The van der Waals surface area contributed by atoms with Crippen molar-refractivity contribution in [2.75, 3.05) is 77.2 Å². The predicted molar refractivity (Wildman–Crippen MR) is 202 cm³/mol. The number of nitriles is 1. The van der Waals surface area contributed by atoms with Crippen molar-refractivity contribution in [3.8, 4) is 29.0 Å². The van der Waals surface area contributed by atoms with Gasteiger partial charge in [-0.05, 0) is 51.5 Å². The standard InChI is InChI=1S/C37H39ClF3N9O3S/c1-47(2)10-3-5-25(51)46-49-12-8-21(18-49)50-13-14-52-32-28-31(44-36(45-35(28)50)53-19-37-9-4-11-48(37)17-20(39)15-37)30(41)27(29(32)38)22-6-7-24(40)33-26(22)23(16-42)34(43)54-33/h3,5-7,20-21H,4,8-15,17-19,43H2,1-2H3,(H,46,51)/b5-3+/t20-,21?,37+/m1/s1. The number of hydrogen-bond acceptors (Lipinski definition) is 12. The summed E-state index contributed by atoms with van der Waals surface area (Å²) in [6, 6.07) is 4.32. The van der Waals surface area contributed by atoms with Crippen LogP contribution in [-0.2, 0) is 4.79 Å². The number of alkyl halides is 1. The van der Waals surface area contributed by atoms with E-state index in [-0.39, 0.29) is 84.6 Å². The van der Waals surface area contributed by atoms with E-state index in [0.717, 1.165) is 30.7 Å². The smallest absolute Gasteiger partial charge is 0.319 e. The molecule has 4 aliphatic rings. The van der Waals surface area contributed by atoms with Gasteiger partial charge in [0, 0.05) is 55.7 Å². The van der Waals surface area contributed by atoms with Crippen molar-refractivity contribution in [3.05, 3.63) is 46.5 Å². The van der Waals surface area contributed by atoms with E-state index in [9.17, 15) is 14.4 Å². The Labute approximate surface area is 318 Å². The molecule has 1 unspecified atom stereocenters. The van der Waals surface area contributed by atoms with Crippen LogP contribution in [0.2, 0.25) is 5.02 Å². The average molecular weight is 782 g/mol. The normalized spacial score (nSPS) is 23.0. The summed E-state index contributed by atoms with van der Waals surface area (Å²) < 4.78 is 59.8. The number of benzene rings is 2. The number of amides is 1. The molecular formula is C37H39ClF3N9O3S. The highest BCUT2D eigenvalue weighted by Crippen LogP contribution is 2.51. The number of carbonyl (C=O) groups excluding carboxylic acids is 1. The molecule has 4 aliphatic heterocycles. The third-order valence-electron chi connectivity index (χ3n) is 10.8. The SMILES string of the molecule is CN(C)C/C=C/C(=O)NN1CCC(N2CCOc3c(Cl)c(-c4ccc(F)c5sc(N)c(C#N)c45)c(F)c4nc(OC[C@@]56CCCN5C[C@H](F)C6)nc2c34)C1. The zero-order valence-corrected chi connectivity index (χ0v) is 31.4. The molecule has 3 N–H and O–H groups in total. The van der Waals surface area contributed by atoms with E-state index in [0.29, 0.717) is 51.4 Å². The maximum atomic E-state index is 17.4. The van der Waals surface area contributed by atoms with Crippen LogP contribution in [0, 0.1) is 23.0 Å². The lowest BCUT2D eigenvalue weighted by Gasteiger charge is -2.31. The lowest BCUT2D eigenvalue weighted by atomic mass is 9.95. The molecule has 2 aromatic heterocycles. The maximum Gasteiger partial charge on any atom is 0.319 e. The van der Waals surface area contributed by atoms with Crippen LogP contribution < -0.4 is 25.5 Å². The van der Waals surface area contributed by atoms with Gasteiger partial charge in [-0.15, -0.1) is 11.3 Å². The monoisotopic (exact) mass is 781 g/mol. The minimum atomic E-state index is -0.972. The second-order valence-corrected chi connectivity index (χ2v) is 16.0. The first-order valence-electron chi connectivity index (χ1n) is 17.9. The Balaban J connectivity index is 1.23. The molecular weight excluding hydrogens is 743 g/mol. The zero-order valence-electron chi connectivity index (χ0n) is 29.8. The van der Waals surface area contributed by atoms with Crippen molar-refractivity contribution < 1.29 is 27.4 Å². The van der Waals surface area contributed by atoms with E-state index in [1.165, 1.54) is 18.2 Å². The second kappa shape index (κ2) is 14.3. The fraction of sp³-hybridized carbons (Fsp3) is 0.459. The Bertz CT molecular complexity index is 2230. The van der Waals surface area contributed by atoms with Crippen molar-refractivity contribution in [1.29, 1.82) is 5.26 Å². The van der Waals surface area contributed by atoms with Crippen LogP contribution in [0.15, 0.2) is 24.3 Å². The van der Waals surface area contributed by atoms with Gasteiger partial charge in [-0.1, -0.05) is 23.7 Å². The lowest BCUT2D eigenvalue weighted by Crippen LogP contribution is -2.44. The number of hydrazine groups is 1. The van der Waals surface area contributed by atoms with Crippen LogP contribution in [0.3, 0.4) is 0 Å². The molecule has 17 heteroatoms.